The van der Waals surface area contributed by atoms with Crippen LogP contribution in [0, 0.1) is 11.1 Å². The molecular weight excluding hydrogens is 659 g/mol. The zero-order valence-corrected chi connectivity index (χ0v) is 29.8. The van der Waals surface area contributed by atoms with Gasteiger partial charge in [0.05, 0.1) is 25.6 Å². The summed E-state index contributed by atoms with van der Waals surface area (Å²) in [6.07, 6.45) is 1.03. The molecule has 0 spiro atoms. The maximum absolute atomic E-state index is 13.0. The van der Waals surface area contributed by atoms with Crippen LogP contribution in [-0.4, -0.2) is 64.5 Å². The quantitative estimate of drug-likeness (QED) is 0.0876. The van der Waals surface area contributed by atoms with Crippen molar-refractivity contribution >= 4 is 38.8 Å². The molecule has 1 aliphatic heterocycles. The molecule has 1 saturated heterocycles. The summed E-state index contributed by atoms with van der Waals surface area (Å²) in [6.45, 7) is 12.0. The van der Waals surface area contributed by atoms with Crippen LogP contribution in [0.2, 0.25) is 18.1 Å². The molecule has 1 fully saturated rings. The number of nitrogens with zero attached hydrogens (tertiary/aromatic N) is 5. The number of hydrogen-bond donors (Lipinski definition) is 2. The summed E-state index contributed by atoms with van der Waals surface area (Å²) >= 11 is 0. The molecule has 0 radical (unpaired) electrons. The Hall–Kier alpha value is -3.76. The number of anilines is 1. The summed E-state index contributed by atoms with van der Waals surface area (Å²) in [5.74, 6) is -0.139. The molecule has 0 saturated carbocycles. The average Bonchev–Trinajstić information content (AvgIpc) is 3.60. The van der Waals surface area contributed by atoms with Crippen molar-refractivity contribution in [3.63, 3.8) is 0 Å². The molecule has 3 aromatic heterocycles. The van der Waals surface area contributed by atoms with Gasteiger partial charge in [-0.3, -0.25) is 18.5 Å². The normalized spacial score (nSPS) is 21.2. The van der Waals surface area contributed by atoms with Gasteiger partial charge in [0.25, 0.3) is 5.91 Å². The van der Waals surface area contributed by atoms with Crippen LogP contribution >= 0.6 is 7.60 Å². The summed E-state index contributed by atoms with van der Waals surface area (Å²) in [5.41, 5.74) is 1.27. The lowest BCUT2D eigenvalue weighted by atomic mass is 10.1. The summed E-state index contributed by atoms with van der Waals surface area (Å²) < 4.78 is 44.7. The molecule has 17 heteroatoms. The number of fused-ring (bicyclic) bond motifs is 1. The van der Waals surface area contributed by atoms with Crippen molar-refractivity contribution in [2.45, 2.75) is 71.1 Å². The first-order valence-corrected chi connectivity index (χ1v) is 20.0. The molecule has 1 aliphatic rings. The Balaban J connectivity index is 1.38. The fraction of sp³-hybridized carbons (Fsp3) is 0.452. The second-order valence-electron chi connectivity index (χ2n) is 13.1. The molecule has 2 unspecified atom stereocenters. The highest BCUT2D eigenvalue weighted by atomic mass is 31.2. The Morgan fingerprint density at radius 1 is 1.19 bits per heavy atom. The number of pyridine rings is 1. The smallest absolute Gasteiger partial charge is 0.354 e. The van der Waals surface area contributed by atoms with E-state index in [4.69, 9.17) is 23.2 Å². The number of aromatic nitrogens is 5. The molecular formula is C31H41N6O9PSi. The molecule has 5 rings (SSSR count). The summed E-state index contributed by atoms with van der Waals surface area (Å²) in [5, 5.41) is 14.8. The number of amides is 1. The second kappa shape index (κ2) is 14.0. The van der Waals surface area contributed by atoms with Crippen LogP contribution in [0.1, 0.15) is 50.0 Å². The molecule has 15 nitrogen and oxygen atoms in total. The molecule has 5 atom stereocenters. The van der Waals surface area contributed by atoms with Crippen molar-refractivity contribution in [1.82, 2.24) is 19.5 Å². The summed E-state index contributed by atoms with van der Waals surface area (Å²) in [4.78, 5) is 36.7. The van der Waals surface area contributed by atoms with Gasteiger partial charge in [0, 0.05) is 17.5 Å². The largest absolute Gasteiger partial charge is 0.618 e. The fourth-order valence-electron chi connectivity index (χ4n) is 4.87. The minimum absolute atomic E-state index is 0.0883. The highest BCUT2D eigenvalue weighted by Crippen LogP contribution is 2.47. The van der Waals surface area contributed by atoms with Gasteiger partial charge < -0.3 is 34.1 Å². The fourth-order valence-corrected chi connectivity index (χ4v) is 6.98. The first-order chi connectivity index (χ1) is 22.6. The number of carbonyl (C=O) groups excluding carboxylic acids is 1. The van der Waals surface area contributed by atoms with Crippen molar-refractivity contribution in [2.75, 3.05) is 18.8 Å². The number of imidazole rings is 1. The van der Waals surface area contributed by atoms with E-state index in [1.54, 1.807) is 28.8 Å². The maximum atomic E-state index is 13.0. The van der Waals surface area contributed by atoms with Crippen LogP contribution in [-0.2, 0) is 29.6 Å². The van der Waals surface area contributed by atoms with Gasteiger partial charge in [-0.25, -0.2) is 15.0 Å². The number of carbonyl (C=O) groups is 1. The van der Waals surface area contributed by atoms with Crippen molar-refractivity contribution < 1.29 is 42.1 Å². The number of rotatable bonds is 12. The van der Waals surface area contributed by atoms with E-state index in [0.717, 1.165) is 0 Å². The molecule has 2 N–H and O–H groups in total. The molecule has 0 aliphatic carbocycles. The topological polar surface area (TPSA) is 183 Å². The minimum atomic E-state index is -4.34. The highest BCUT2D eigenvalue weighted by molar-refractivity contribution is 7.52. The lowest BCUT2D eigenvalue weighted by Crippen LogP contribution is -2.46. The first kappa shape index (κ1) is 35.5. The Morgan fingerprint density at radius 3 is 2.60 bits per heavy atom. The van der Waals surface area contributed by atoms with E-state index in [2.05, 4.69) is 54.1 Å². The van der Waals surface area contributed by atoms with Crippen molar-refractivity contribution in [2.24, 2.45) is 5.92 Å². The predicted molar refractivity (Wildman–Crippen MR) is 177 cm³/mol. The predicted octanol–water partition coefficient (Wildman–Crippen LogP) is 4.98. The third-order valence-corrected chi connectivity index (χ3v) is 14.1. The van der Waals surface area contributed by atoms with Gasteiger partial charge in [0.1, 0.15) is 18.7 Å². The summed E-state index contributed by atoms with van der Waals surface area (Å²) in [7, 11) is -5.28. The zero-order chi connectivity index (χ0) is 34.9. The first-order valence-electron chi connectivity index (χ1n) is 15.3. The molecule has 1 amide bonds. The Kier molecular flexibility index (Phi) is 10.4. The van der Waals surface area contributed by atoms with E-state index in [9.17, 15) is 19.5 Å². The number of nitrogens with one attached hydrogen (secondary N) is 1. The number of ether oxygens (including phenoxy) is 3. The van der Waals surface area contributed by atoms with Gasteiger partial charge in [-0.15, -0.1) is 0 Å². The van der Waals surface area contributed by atoms with E-state index < -0.39 is 53.4 Å². The molecule has 258 valence electrons. The molecule has 48 heavy (non-hydrogen) atoms. The third kappa shape index (κ3) is 7.75. The van der Waals surface area contributed by atoms with Crippen molar-refractivity contribution in [3.05, 3.63) is 77.8 Å². The average molecular weight is 701 g/mol. The van der Waals surface area contributed by atoms with Gasteiger partial charge in [0.15, 0.2) is 50.4 Å². The van der Waals surface area contributed by atoms with E-state index in [1.165, 1.54) is 38.1 Å². The van der Waals surface area contributed by atoms with Gasteiger partial charge >= 0.3 is 7.60 Å². The molecule has 4 aromatic rings. The Labute approximate surface area is 279 Å². The zero-order valence-electron chi connectivity index (χ0n) is 27.9. The SMILES string of the molecule is COc1cc[n+]([O-])c(COP(=O)(O)CO[C@H]2O[C@@H](n3cnc4c(NC(=O)c5ccccc5)ncnc43)C(O[Si](C)(C)C(C)(C)C)[C@H]2C)c1. The molecule has 0 bridgehead atoms. The highest BCUT2D eigenvalue weighted by Gasteiger charge is 2.50. The number of methoxy groups -OCH3 is 1. The third-order valence-electron chi connectivity index (χ3n) is 8.66. The van der Waals surface area contributed by atoms with Gasteiger partial charge in [-0.05, 0) is 30.3 Å². The van der Waals surface area contributed by atoms with Crippen LogP contribution in [0.15, 0.2) is 61.3 Å². The Bertz CT molecular complexity index is 1800. The summed E-state index contributed by atoms with van der Waals surface area (Å²) in [6, 6.07) is 11.6. The maximum Gasteiger partial charge on any atom is 0.354 e. The lowest BCUT2D eigenvalue weighted by Gasteiger charge is -2.40. The van der Waals surface area contributed by atoms with Gasteiger partial charge in [0.2, 0.25) is 5.69 Å². The van der Waals surface area contributed by atoms with Gasteiger partial charge in [-0.2, -0.15) is 4.73 Å². The van der Waals surface area contributed by atoms with E-state index >= 15 is 0 Å². The number of benzene rings is 1. The molecule has 4 heterocycles. The minimum Gasteiger partial charge on any atom is -0.618 e. The van der Waals surface area contributed by atoms with Crippen molar-refractivity contribution in [3.8, 4) is 5.75 Å². The van der Waals surface area contributed by atoms with Crippen LogP contribution in [0.25, 0.3) is 11.2 Å². The van der Waals surface area contributed by atoms with Crippen LogP contribution in [0.3, 0.4) is 0 Å². The van der Waals surface area contributed by atoms with Crippen LogP contribution < -0.4 is 14.8 Å². The van der Waals surface area contributed by atoms with E-state index in [1.807, 2.05) is 13.0 Å². The van der Waals surface area contributed by atoms with E-state index in [0.29, 0.717) is 27.2 Å². The standard InChI is InChI=1S/C31H41N6O9PSi/c1-20-25(46-48(6,7)31(2,3)4)29(45-30(20)43-19-47(40,41)44-16-22-15-23(42-5)13-14-37(22)39)36-18-34-24-26(32-17-33-27(24)36)35-28(38)21-11-9-8-10-12-21/h8-15,17-18,20,25,29-30H,16,19H2,1-7H3,(H,40,41)(H,32,33,35,38)/t20-,25?,29-,30+/m1/s1. The molecule has 1 aromatic carbocycles. The van der Waals surface area contributed by atoms with Crippen LogP contribution in [0.5, 0.6) is 5.75 Å². The van der Waals surface area contributed by atoms with Crippen LogP contribution in [0.4, 0.5) is 5.82 Å². The Morgan fingerprint density at radius 2 is 1.92 bits per heavy atom. The monoisotopic (exact) mass is 700 g/mol. The van der Waals surface area contributed by atoms with Crippen molar-refractivity contribution in [1.29, 1.82) is 0 Å². The van der Waals surface area contributed by atoms with Gasteiger partial charge in [-0.1, -0.05) is 45.9 Å². The second-order valence-corrected chi connectivity index (χ2v) is 19.6. The van der Waals surface area contributed by atoms with E-state index in [-0.39, 0.29) is 22.5 Å². The lowest BCUT2D eigenvalue weighted by molar-refractivity contribution is -0.616. The number of hydrogen-bond acceptors (Lipinski definition) is 11.